The molecule has 0 fully saturated rings. The number of benzene rings is 1. The zero-order valence-corrected chi connectivity index (χ0v) is 8.67. The van der Waals surface area contributed by atoms with Gasteiger partial charge in [0.1, 0.15) is 0 Å². The van der Waals surface area contributed by atoms with Crippen LogP contribution in [0.2, 0.25) is 0 Å². The summed E-state index contributed by atoms with van der Waals surface area (Å²) in [6.07, 6.45) is 2.01. The van der Waals surface area contributed by atoms with Crippen molar-refractivity contribution in [2.45, 2.75) is 16.7 Å². The smallest absolute Gasteiger partial charge is 0.190 e. The third kappa shape index (κ3) is 2.57. The molecule has 0 N–H and O–H groups in total. The van der Waals surface area contributed by atoms with Crippen LogP contribution in [0.15, 0.2) is 34.1 Å². The Morgan fingerprint density at radius 1 is 1.25 bits per heavy atom. The molecule has 0 saturated carbocycles. The number of carbonyl (C=O) groups excluding carboxylic acids is 1. The molecule has 3 heteroatoms. The molecule has 0 amide bonds. The van der Waals surface area contributed by atoms with Crippen LogP contribution in [0, 0.1) is 0 Å². The first-order valence-electron chi connectivity index (χ1n) is 3.55. The van der Waals surface area contributed by atoms with Gasteiger partial charge in [-0.3, -0.25) is 4.79 Å². The second-order valence-corrected chi connectivity index (χ2v) is 4.31. The van der Waals surface area contributed by atoms with Gasteiger partial charge in [-0.2, -0.15) is 0 Å². The molecule has 1 aromatic carbocycles. The summed E-state index contributed by atoms with van der Waals surface area (Å²) in [5, 5.41) is 0.136. The molecule has 0 spiro atoms. The molecule has 0 bridgehead atoms. The van der Waals surface area contributed by atoms with Crippen molar-refractivity contribution in [1.82, 2.24) is 0 Å². The summed E-state index contributed by atoms with van der Waals surface area (Å²) in [6.45, 7) is 1.59. The van der Waals surface area contributed by atoms with Crippen molar-refractivity contribution in [3.63, 3.8) is 0 Å². The molecule has 12 heavy (non-hydrogen) atoms. The van der Waals surface area contributed by atoms with Gasteiger partial charge in [0.25, 0.3) is 0 Å². The minimum atomic E-state index is 0.136. The first-order chi connectivity index (χ1) is 5.74. The number of hydrogen-bond donors (Lipinski definition) is 0. The molecular formula is C9H10OS2. The highest BCUT2D eigenvalue weighted by molar-refractivity contribution is 8.14. The first-order valence-corrected chi connectivity index (χ1v) is 5.59. The number of thioether (sulfide) groups is 2. The van der Waals surface area contributed by atoms with E-state index in [9.17, 15) is 4.79 Å². The molecule has 1 nitrogen and oxygen atoms in total. The summed E-state index contributed by atoms with van der Waals surface area (Å²) in [6, 6.07) is 7.93. The third-order valence-electron chi connectivity index (χ3n) is 1.32. The number of hydrogen-bond acceptors (Lipinski definition) is 3. The van der Waals surface area contributed by atoms with E-state index in [1.165, 1.54) is 11.8 Å². The minimum Gasteiger partial charge on any atom is -0.287 e. The summed E-state index contributed by atoms with van der Waals surface area (Å²) < 4.78 is 0. The fourth-order valence-electron chi connectivity index (χ4n) is 0.858. The molecule has 0 aliphatic carbocycles. The van der Waals surface area contributed by atoms with Crippen molar-refractivity contribution in [1.29, 1.82) is 0 Å². The van der Waals surface area contributed by atoms with Crippen LogP contribution in [0.3, 0.4) is 0 Å². The zero-order valence-electron chi connectivity index (χ0n) is 7.03. The van der Waals surface area contributed by atoms with E-state index in [4.69, 9.17) is 0 Å². The van der Waals surface area contributed by atoms with Gasteiger partial charge in [0.05, 0.1) is 0 Å². The summed E-state index contributed by atoms with van der Waals surface area (Å²) in [7, 11) is 0. The van der Waals surface area contributed by atoms with Crippen LogP contribution < -0.4 is 0 Å². The maximum atomic E-state index is 10.8. The van der Waals surface area contributed by atoms with Gasteiger partial charge in [-0.1, -0.05) is 23.9 Å². The molecule has 0 atom stereocenters. The molecule has 0 saturated heterocycles. The Bertz CT molecular complexity index is 284. The maximum Gasteiger partial charge on any atom is 0.190 e. The quantitative estimate of drug-likeness (QED) is 0.680. The SMILES string of the molecule is CSc1ccccc1SC(C)=O. The van der Waals surface area contributed by atoms with Crippen LogP contribution in [-0.4, -0.2) is 11.4 Å². The van der Waals surface area contributed by atoms with E-state index in [1.54, 1.807) is 18.7 Å². The molecule has 0 unspecified atom stereocenters. The van der Waals surface area contributed by atoms with E-state index in [0.29, 0.717) is 0 Å². The van der Waals surface area contributed by atoms with E-state index in [0.717, 1.165) is 9.79 Å². The second kappa shape index (κ2) is 4.58. The fourth-order valence-corrected chi connectivity index (χ4v) is 2.34. The van der Waals surface area contributed by atoms with E-state index in [-0.39, 0.29) is 5.12 Å². The Balaban J connectivity index is 2.89. The predicted molar refractivity (Wildman–Crippen MR) is 54.8 cm³/mol. The molecule has 0 aliphatic rings. The molecule has 64 valence electrons. The second-order valence-electron chi connectivity index (χ2n) is 2.24. The maximum absolute atomic E-state index is 10.8. The highest BCUT2D eigenvalue weighted by Gasteiger charge is 2.02. The largest absolute Gasteiger partial charge is 0.287 e. The number of carbonyl (C=O) groups is 1. The molecule has 0 heterocycles. The van der Waals surface area contributed by atoms with Gasteiger partial charge >= 0.3 is 0 Å². The molecule has 1 aromatic rings. The monoisotopic (exact) mass is 198 g/mol. The Hall–Kier alpha value is -0.410. The van der Waals surface area contributed by atoms with Gasteiger partial charge in [-0.15, -0.1) is 11.8 Å². The Morgan fingerprint density at radius 2 is 1.83 bits per heavy atom. The van der Waals surface area contributed by atoms with Crippen LogP contribution in [0.1, 0.15) is 6.92 Å². The van der Waals surface area contributed by atoms with Crippen LogP contribution in [0.4, 0.5) is 0 Å². The standard InChI is InChI=1S/C9H10OS2/c1-7(10)12-9-6-4-3-5-8(9)11-2/h3-6H,1-2H3. The van der Waals surface area contributed by atoms with E-state index < -0.39 is 0 Å². The molecular weight excluding hydrogens is 188 g/mol. The van der Waals surface area contributed by atoms with Crippen LogP contribution in [0.5, 0.6) is 0 Å². The summed E-state index contributed by atoms with van der Waals surface area (Å²) in [4.78, 5) is 13.1. The van der Waals surface area contributed by atoms with Crippen LogP contribution >= 0.6 is 23.5 Å². The van der Waals surface area contributed by atoms with Crippen molar-refractivity contribution in [3.8, 4) is 0 Å². The normalized spacial score (nSPS) is 9.83. The first kappa shape index (κ1) is 9.68. The van der Waals surface area contributed by atoms with Crippen molar-refractivity contribution in [3.05, 3.63) is 24.3 Å². The van der Waals surface area contributed by atoms with Gasteiger partial charge in [-0.25, -0.2) is 0 Å². The fraction of sp³-hybridized carbons (Fsp3) is 0.222. The van der Waals surface area contributed by atoms with Gasteiger partial charge < -0.3 is 0 Å². The molecule has 0 aromatic heterocycles. The van der Waals surface area contributed by atoms with Crippen molar-refractivity contribution >= 4 is 28.6 Å². The van der Waals surface area contributed by atoms with Crippen molar-refractivity contribution in [2.75, 3.05) is 6.26 Å². The lowest BCUT2D eigenvalue weighted by Gasteiger charge is -2.02. The minimum absolute atomic E-state index is 0.136. The van der Waals surface area contributed by atoms with Crippen LogP contribution in [0.25, 0.3) is 0 Å². The van der Waals surface area contributed by atoms with E-state index in [1.807, 2.05) is 30.5 Å². The number of rotatable bonds is 2. The van der Waals surface area contributed by atoms with Crippen molar-refractivity contribution in [2.24, 2.45) is 0 Å². The topological polar surface area (TPSA) is 17.1 Å². The van der Waals surface area contributed by atoms with Gasteiger partial charge in [-0.05, 0) is 18.4 Å². The lowest BCUT2D eigenvalue weighted by Crippen LogP contribution is -1.83. The van der Waals surface area contributed by atoms with Crippen molar-refractivity contribution < 1.29 is 4.79 Å². The third-order valence-corrected chi connectivity index (χ3v) is 3.11. The average molecular weight is 198 g/mol. The summed E-state index contributed by atoms with van der Waals surface area (Å²) >= 11 is 2.95. The highest BCUT2D eigenvalue weighted by Crippen LogP contribution is 2.29. The Kier molecular flexibility index (Phi) is 3.69. The lowest BCUT2D eigenvalue weighted by atomic mass is 10.4. The van der Waals surface area contributed by atoms with Gasteiger partial charge in [0.15, 0.2) is 5.12 Å². The summed E-state index contributed by atoms with van der Waals surface area (Å²) in [5.41, 5.74) is 0. The van der Waals surface area contributed by atoms with E-state index >= 15 is 0 Å². The van der Waals surface area contributed by atoms with E-state index in [2.05, 4.69) is 0 Å². The predicted octanol–water partition coefficient (Wildman–Crippen LogP) is 3.05. The lowest BCUT2D eigenvalue weighted by molar-refractivity contribution is -0.109. The van der Waals surface area contributed by atoms with Crippen LogP contribution in [-0.2, 0) is 4.79 Å². The molecule has 0 radical (unpaired) electrons. The highest BCUT2D eigenvalue weighted by atomic mass is 32.2. The molecule has 0 aliphatic heterocycles. The Morgan fingerprint density at radius 3 is 2.33 bits per heavy atom. The van der Waals surface area contributed by atoms with Gasteiger partial charge in [0.2, 0.25) is 0 Å². The summed E-state index contributed by atoms with van der Waals surface area (Å²) in [5.74, 6) is 0. The Labute approximate surface area is 80.9 Å². The zero-order chi connectivity index (χ0) is 8.97. The average Bonchev–Trinajstić information content (AvgIpc) is 2.04. The van der Waals surface area contributed by atoms with Gasteiger partial charge in [0, 0.05) is 16.7 Å². The molecule has 1 rings (SSSR count).